The number of carboxylic acid groups (broad SMARTS) is 1. The van der Waals surface area contributed by atoms with E-state index in [2.05, 4.69) is 0 Å². The number of aliphatic hydroxyl groups is 1. The Bertz CT molecular complexity index is 69.8. The molecular formula is C5H11ClO3. The van der Waals surface area contributed by atoms with Crippen molar-refractivity contribution in [2.75, 3.05) is 0 Å². The topological polar surface area (TPSA) is 57.5 Å². The number of carbonyl (C=O) groups is 1. The Morgan fingerprint density at radius 2 is 1.89 bits per heavy atom. The molecule has 0 saturated carbocycles. The highest BCUT2D eigenvalue weighted by atomic mass is 35.5. The van der Waals surface area contributed by atoms with Crippen LogP contribution < -0.4 is 0 Å². The summed E-state index contributed by atoms with van der Waals surface area (Å²) in [6.07, 6.45) is 0.222. The molecular weight excluding hydrogens is 144 g/mol. The molecule has 1 atom stereocenters. The molecule has 4 heteroatoms. The number of halogens is 1. The zero-order valence-corrected chi connectivity index (χ0v) is 6.22. The largest absolute Gasteiger partial charge is 0.481 e. The van der Waals surface area contributed by atoms with Crippen molar-refractivity contribution in [2.24, 2.45) is 0 Å². The normalized spacial score (nSPS) is 11.1. The molecule has 2 N–H and O–H groups in total. The molecule has 0 aromatic carbocycles. The van der Waals surface area contributed by atoms with Crippen LogP contribution in [0.15, 0.2) is 0 Å². The highest BCUT2D eigenvalue weighted by molar-refractivity contribution is 6.19. The molecule has 0 amide bonds. The molecule has 56 valence electrons. The molecule has 9 heavy (non-hydrogen) atoms. The van der Waals surface area contributed by atoms with Crippen LogP contribution in [0.25, 0.3) is 0 Å². The lowest BCUT2D eigenvalue weighted by molar-refractivity contribution is -0.136. The van der Waals surface area contributed by atoms with Crippen molar-refractivity contribution in [3.63, 3.8) is 0 Å². The van der Waals surface area contributed by atoms with E-state index in [1.54, 1.807) is 6.92 Å². The van der Waals surface area contributed by atoms with Gasteiger partial charge in [-0.3, -0.25) is 4.79 Å². The third-order valence-corrected chi connectivity index (χ3v) is 0.302. The molecule has 3 nitrogen and oxygen atoms in total. The van der Waals surface area contributed by atoms with Crippen LogP contribution in [0.2, 0.25) is 0 Å². The van der Waals surface area contributed by atoms with E-state index in [0.29, 0.717) is 0 Å². The third-order valence-electron chi connectivity index (χ3n) is 0.302. The van der Waals surface area contributed by atoms with E-state index in [-0.39, 0.29) is 6.42 Å². The lowest BCUT2D eigenvalue weighted by Crippen LogP contribution is -1.86. The van der Waals surface area contributed by atoms with Gasteiger partial charge in [0.2, 0.25) is 0 Å². The van der Waals surface area contributed by atoms with Crippen molar-refractivity contribution in [2.45, 2.75) is 25.8 Å². The van der Waals surface area contributed by atoms with Gasteiger partial charge in [0.15, 0.2) is 0 Å². The van der Waals surface area contributed by atoms with Gasteiger partial charge in [-0.2, -0.15) is 0 Å². The number of aliphatic carboxylic acids is 1. The minimum atomic E-state index is -0.745. The summed E-state index contributed by atoms with van der Waals surface area (Å²) in [5.41, 5.74) is -0.694. The monoisotopic (exact) mass is 154 g/mol. The molecule has 0 saturated heterocycles. The fraction of sp³-hybridized carbons (Fsp3) is 0.800. The van der Waals surface area contributed by atoms with Crippen molar-refractivity contribution >= 4 is 17.6 Å². The summed E-state index contributed by atoms with van der Waals surface area (Å²) in [5.74, 6) is -0.745. The van der Waals surface area contributed by atoms with Gasteiger partial charge in [-0.25, -0.2) is 0 Å². The fourth-order valence-corrected chi connectivity index (χ4v) is 0. The van der Waals surface area contributed by atoms with E-state index in [1.807, 2.05) is 0 Å². The predicted octanol–water partition coefficient (Wildman–Crippen LogP) is 1.04. The minimum Gasteiger partial charge on any atom is -0.481 e. The molecule has 0 heterocycles. The molecule has 0 aromatic heterocycles. The first-order valence-corrected chi connectivity index (χ1v) is 2.98. The Morgan fingerprint density at radius 1 is 1.78 bits per heavy atom. The van der Waals surface area contributed by atoms with Crippen LogP contribution >= 0.6 is 11.6 Å². The van der Waals surface area contributed by atoms with Crippen molar-refractivity contribution in [3.8, 4) is 0 Å². The lowest BCUT2D eigenvalue weighted by atomic mass is 10.5. The summed E-state index contributed by atoms with van der Waals surface area (Å²) in [5, 5.41) is 15.5. The molecule has 0 aromatic rings. The highest BCUT2D eigenvalue weighted by Gasteiger charge is 1.80. The van der Waals surface area contributed by atoms with Crippen LogP contribution in [-0.4, -0.2) is 21.7 Å². The molecule has 0 bridgehead atoms. The molecule has 0 aliphatic rings. The van der Waals surface area contributed by atoms with Gasteiger partial charge in [0, 0.05) is 6.42 Å². The first kappa shape index (κ1) is 11.5. The average Bonchev–Trinajstić information content (AvgIpc) is 1.65. The number of carboxylic acids is 1. The smallest absolute Gasteiger partial charge is 0.303 e. The van der Waals surface area contributed by atoms with Gasteiger partial charge in [0.25, 0.3) is 0 Å². The first-order valence-electron chi connectivity index (χ1n) is 2.54. The molecule has 0 rings (SSSR count). The maximum Gasteiger partial charge on any atom is 0.303 e. The summed E-state index contributed by atoms with van der Waals surface area (Å²) in [7, 11) is 0. The average molecular weight is 155 g/mol. The number of alkyl halides is 1. The summed E-state index contributed by atoms with van der Waals surface area (Å²) in [4.78, 5) is 9.37. The maximum absolute atomic E-state index is 9.37. The van der Waals surface area contributed by atoms with Crippen LogP contribution in [-0.2, 0) is 4.79 Å². The standard InChI is InChI=1S/C3H6O2.C2H5ClO/c1-2-3(4)5;1-2(3)4/h2H2,1H3,(H,4,5);2,4H,1H3. The molecule has 1 unspecified atom stereocenters. The van der Waals surface area contributed by atoms with Crippen LogP contribution in [0, 0.1) is 0 Å². The molecule has 0 aliphatic heterocycles. The minimum absolute atomic E-state index is 0.222. The van der Waals surface area contributed by atoms with Crippen LogP contribution in [0.5, 0.6) is 0 Å². The number of hydrogen-bond acceptors (Lipinski definition) is 2. The Labute approximate surface area is 59.3 Å². The van der Waals surface area contributed by atoms with E-state index >= 15 is 0 Å². The predicted molar refractivity (Wildman–Crippen MR) is 35.5 cm³/mol. The Balaban J connectivity index is 0. The van der Waals surface area contributed by atoms with E-state index in [0.717, 1.165) is 0 Å². The van der Waals surface area contributed by atoms with Crippen molar-refractivity contribution < 1.29 is 15.0 Å². The summed E-state index contributed by atoms with van der Waals surface area (Å²) in [6.45, 7) is 3.09. The second-order valence-electron chi connectivity index (χ2n) is 1.32. The van der Waals surface area contributed by atoms with Crippen LogP contribution in [0.3, 0.4) is 0 Å². The van der Waals surface area contributed by atoms with E-state index < -0.39 is 11.5 Å². The quantitative estimate of drug-likeness (QED) is 0.555. The van der Waals surface area contributed by atoms with Gasteiger partial charge in [-0.15, -0.1) is 0 Å². The lowest BCUT2D eigenvalue weighted by Gasteiger charge is -1.77. The van der Waals surface area contributed by atoms with Crippen molar-refractivity contribution in [3.05, 3.63) is 0 Å². The SMILES string of the molecule is CC(O)Cl.CCC(=O)O. The molecule has 0 spiro atoms. The zero-order chi connectivity index (χ0) is 7.86. The third kappa shape index (κ3) is 85.4. The molecule has 0 fully saturated rings. The second kappa shape index (κ2) is 7.72. The first-order chi connectivity index (χ1) is 4.00. The van der Waals surface area contributed by atoms with Gasteiger partial charge in [-0.1, -0.05) is 18.5 Å². The summed E-state index contributed by atoms with van der Waals surface area (Å²) < 4.78 is 0. The van der Waals surface area contributed by atoms with Crippen molar-refractivity contribution in [1.29, 1.82) is 0 Å². The van der Waals surface area contributed by atoms with Gasteiger partial charge in [0.1, 0.15) is 5.56 Å². The number of hydrogen-bond donors (Lipinski definition) is 2. The summed E-state index contributed by atoms with van der Waals surface area (Å²) >= 11 is 4.83. The van der Waals surface area contributed by atoms with Gasteiger partial charge in [-0.05, 0) is 6.92 Å². The Hall–Kier alpha value is -0.280. The molecule has 0 radical (unpaired) electrons. The Morgan fingerprint density at radius 3 is 1.89 bits per heavy atom. The summed E-state index contributed by atoms with van der Waals surface area (Å²) in [6, 6.07) is 0. The second-order valence-corrected chi connectivity index (χ2v) is 1.95. The van der Waals surface area contributed by atoms with E-state index in [9.17, 15) is 4.79 Å². The van der Waals surface area contributed by atoms with E-state index in [1.165, 1.54) is 6.92 Å². The number of aliphatic hydroxyl groups excluding tert-OH is 1. The molecule has 0 aliphatic carbocycles. The van der Waals surface area contributed by atoms with Gasteiger partial charge >= 0.3 is 5.97 Å². The fourth-order valence-electron chi connectivity index (χ4n) is 0. The van der Waals surface area contributed by atoms with Gasteiger partial charge in [0.05, 0.1) is 0 Å². The maximum atomic E-state index is 9.37. The van der Waals surface area contributed by atoms with Gasteiger partial charge < -0.3 is 10.2 Å². The van der Waals surface area contributed by atoms with Crippen LogP contribution in [0.1, 0.15) is 20.3 Å². The van der Waals surface area contributed by atoms with E-state index in [4.69, 9.17) is 21.8 Å². The Kier molecular flexibility index (Phi) is 9.87. The highest BCUT2D eigenvalue weighted by Crippen LogP contribution is 1.79. The van der Waals surface area contributed by atoms with Crippen molar-refractivity contribution in [1.82, 2.24) is 0 Å². The number of rotatable bonds is 1. The van der Waals surface area contributed by atoms with Crippen LogP contribution in [0.4, 0.5) is 0 Å². The zero-order valence-electron chi connectivity index (χ0n) is 5.47.